The fraction of sp³-hybridized carbons (Fsp3) is 0.550. The van der Waals surface area contributed by atoms with Crippen molar-refractivity contribution in [3.05, 3.63) is 36.2 Å². The van der Waals surface area contributed by atoms with Gasteiger partial charge in [-0.15, -0.1) is 0 Å². The number of pyridine rings is 1. The van der Waals surface area contributed by atoms with E-state index >= 15 is 0 Å². The molecular formula is C20H28N4O. The molecule has 0 aliphatic heterocycles. The molecule has 0 unspecified atom stereocenters. The Kier molecular flexibility index (Phi) is 5.04. The summed E-state index contributed by atoms with van der Waals surface area (Å²) in [5.41, 5.74) is 1.95. The molecule has 2 aromatic rings. The minimum absolute atomic E-state index is 0.104. The fourth-order valence-electron chi connectivity index (χ4n) is 3.62. The van der Waals surface area contributed by atoms with Gasteiger partial charge in [0.05, 0.1) is 6.10 Å². The van der Waals surface area contributed by atoms with Crippen LogP contribution in [0.25, 0.3) is 11.5 Å². The third-order valence-corrected chi connectivity index (χ3v) is 5.34. The molecule has 0 bridgehead atoms. The van der Waals surface area contributed by atoms with Crippen molar-refractivity contribution >= 4 is 5.82 Å². The lowest BCUT2D eigenvalue weighted by molar-refractivity contribution is -0.104. The molecular weight excluding hydrogens is 312 g/mol. The summed E-state index contributed by atoms with van der Waals surface area (Å²) < 4.78 is 5.88. The summed E-state index contributed by atoms with van der Waals surface area (Å²) in [6, 6.07) is 8.33. The molecule has 25 heavy (non-hydrogen) atoms. The summed E-state index contributed by atoms with van der Waals surface area (Å²) in [6.45, 7) is 9.50. The van der Waals surface area contributed by atoms with Crippen LogP contribution in [0.3, 0.4) is 0 Å². The van der Waals surface area contributed by atoms with E-state index < -0.39 is 0 Å². The largest absolute Gasteiger partial charge is 0.378 e. The van der Waals surface area contributed by atoms with E-state index in [0.717, 1.165) is 36.7 Å². The average Bonchev–Trinajstić information content (AvgIpc) is 2.64. The SMILES string of the molecule is CCO[C@H]1C[C@H](N(C)c2cc(CC)nc(-c3ccccn3)n2)C1(C)C. The Labute approximate surface area is 150 Å². The molecule has 0 spiro atoms. The van der Waals surface area contributed by atoms with Crippen molar-refractivity contribution in [1.29, 1.82) is 0 Å². The molecule has 1 fully saturated rings. The summed E-state index contributed by atoms with van der Waals surface area (Å²) in [5, 5.41) is 0. The van der Waals surface area contributed by atoms with Crippen LogP contribution in [0.1, 0.15) is 39.8 Å². The first-order chi connectivity index (χ1) is 12.0. The second-order valence-corrected chi connectivity index (χ2v) is 7.24. The van der Waals surface area contributed by atoms with Crippen molar-refractivity contribution in [3.63, 3.8) is 0 Å². The van der Waals surface area contributed by atoms with E-state index in [1.807, 2.05) is 18.2 Å². The number of hydrogen-bond donors (Lipinski definition) is 0. The quantitative estimate of drug-likeness (QED) is 0.802. The second-order valence-electron chi connectivity index (χ2n) is 7.24. The van der Waals surface area contributed by atoms with Gasteiger partial charge in [-0.1, -0.05) is 26.8 Å². The minimum Gasteiger partial charge on any atom is -0.378 e. The van der Waals surface area contributed by atoms with Gasteiger partial charge in [0.15, 0.2) is 5.82 Å². The first-order valence-corrected chi connectivity index (χ1v) is 9.11. The van der Waals surface area contributed by atoms with Crippen molar-refractivity contribution in [2.75, 3.05) is 18.6 Å². The molecule has 5 heteroatoms. The molecule has 0 radical (unpaired) electrons. The first kappa shape index (κ1) is 17.8. The Bertz CT molecular complexity index is 717. The molecule has 1 aliphatic rings. The standard InChI is InChI=1S/C20H28N4O/c1-6-14-12-18(23-19(22-14)15-10-8-9-11-21-15)24(5)16-13-17(25-7-2)20(16,3)4/h8-12,16-17H,6-7,13H2,1-5H3/t16-,17-/m0/s1. The molecule has 1 aliphatic carbocycles. The van der Waals surface area contributed by atoms with Gasteiger partial charge in [0, 0.05) is 43.1 Å². The second kappa shape index (κ2) is 7.08. The predicted octanol–water partition coefficient (Wildman–Crippen LogP) is 3.74. The Hall–Kier alpha value is -2.01. The molecule has 0 saturated heterocycles. The number of aryl methyl sites for hydroxylation is 1. The molecule has 2 aromatic heterocycles. The van der Waals surface area contributed by atoms with E-state index in [4.69, 9.17) is 9.72 Å². The number of ether oxygens (including phenoxy) is 1. The Balaban J connectivity index is 1.89. The van der Waals surface area contributed by atoms with Crippen LogP contribution in [-0.4, -0.2) is 40.8 Å². The number of hydrogen-bond acceptors (Lipinski definition) is 5. The maximum Gasteiger partial charge on any atom is 0.180 e. The summed E-state index contributed by atoms with van der Waals surface area (Å²) in [7, 11) is 2.12. The lowest BCUT2D eigenvalue weighted by atomic mass is 9.64. The topological polar surface area (TPSA) is 51.1 Å². The maximum absolute atomic E-state index is 5.88. The van der Waals surface area contributed by atoms with Crippen LogP contribution in [0.15, 0.2) is 30.5 Å². The van der Waals surface area contributed by atoms with Gasteiger partial charge in [0.25, 0.3) is 0 Å². The lowest BCUT2D eigenvalue weighted by Crippen LogP contribution is -2.61. The van der Waals surface area contributed by atoms with Gasteiger partial charge in [-0.25, -0.2) is 9.97 Å². The number of aromatic nitrogens is 3. The van der Waals surface area contributed by atoms with Crippen molar-refractivity contribution in [2.45, 2.75) is 52.7 Å². The van der Waals surface area contributed by atoms with Gasteiger partial charge in [0.2, 0.25) is 0 Å². The highest BCUT2D eigenvalue weighted by Gasteiger charge is 2.51. The van der Waals surface area contributed by atoms with E-state index in [9.17, 15) is 0 Å². The highest BCUT2D eigenvalue weighted by atomic mass is 16.5. The smallest absolute Gasteiger partial charge is 0.180 e. The molecule has 0 amide bonds. The van der Waals surface area contributed by atoms with Crippen LogP contribution in [0, 0.1) is 5.41 Å². The summed E-state index contributed by atoms with van der Waals surface area (Å²) in [4.78, 5) is 16.2. The van der Waals surface area contributed by atoms with Crippen LogP contribution in [-0.2, 0) is 11.2 Å². The third kappa shape index (κ3) is 3.38. The number of rotatable bonds is 6. The predicted molar refractivity (Wildman–Crippen MR) is 101 cm³/mol. The van der Waals surface area contributed by atoms with Gasteiger partial charge >= 0.3 is 0 Å². The van der Waals surface area contributed by atoms with Crippen LogP contribution >= 0.6 is 0 Å². The highest BCUT2D eigenvalue weighted by molar-refractivity contribution is 5.54. The normalized spacial score (nSPS) is 21.6. The minimum atomic E-state index is 0.104. The van der Waals surface area contributed by atoms with Crippen LogP contribution in [0.5, 0.6) is 0 Å². The van der Waals surface area contributed by atoms with Crippen LogP contribution in [0.4, 0.5) is 5.82 Å². The van der Waals surface area contributed by atoms with Gasteiger partial charge in [-0.05, 0) is 31.9 Å². The number of anilines is 1. The monoisotopic (exact) mass is 340 g/mol. The zero-order valence-corrected chi connectivity index (χ0v) is 15.9. The molecule has 0 aromatic carbocycles. The molecule has 5 nitrogen and oxygen atoms in total. The Morgan fingerprint density at radius 3 is 2.64 bits per heavy atom. The van der Waals surface area contributed by atoms with E-state index in [1.165, 1.54) is 0 Å². The summed E-state index contributed by atoms with van der Waals surface area (Å²) >= 11 is 0. The molecule has 0 N–H and O–H groups in total. The summed E-state index contributed by atoms with van der Waals surface area (Å²) in [6.07, 6.45) is 4.00. The van der Waals surface area contributed by atoms with E-state index in [1.54, 1.807) is 6.20 Å². The van der Waals surface area contributed by atoms with Crippen molar-refractivity contribution < 1.29 is 4.74 Å². The Morgan fingerprint density at radius 2 is 2.04 bits per heavy atom. The molecule has 2 heterocycles. The molecule has 2 atom stereocenters. The van der Waals surface area contributed by atoms with E-state index in [2.05, 4.69) is 55.7 Å². The zero-order valence-electron chi connectivity index (χ0n) is 15.9. The number of nitrogens with zero attached hydrogens (tertiary/aromatic N) is 4. The van der Waals surface area contributed by atoms with E-state index in [-0.39, 0.29) is 5.41 Å². The van der Waals surface area contributed by atoms with Gasteiger partial charge < -0.3 is 9.64 Å². The van der Waals surface area contributed by atoms with Crippen molar-refractivity contribution in [1.82, 2.24) is 15.0 Å². The Morgan fingerprint density at radius 1 is 1.24 bits per heavy atom. The molecule has 1 saturated carbocycles. The highest BCUT2D eigenvalue weighted by Crippen LogP contribution is 2.46. The summed E-state index contributed by atoms with van der Waals surface area (Å²) in [5.74, 6) is 1.65. The average molecular weight is 340 g/mol. The molecule has 134 valence electrons. The van der Waals surface area contributed by atoms with Gasteiger partial charge in [0.1, 0.15) is 11.5 Å². The fourth-order valence-corrected chi connectivity index (χ4v) is 3.62. The van der Waals surface area contributed by atoms with Crippen LogP contribution < -0.4 is 4.90 Å². The van der Waals surface area contributed by atoms with Crippen LogP contribution in [0.2, 0.25) is 0 Å². The van der Waals surface area contributed by atoms with Gasteiger partial charge in [-0.3, -0.25) is 4.98 Å². The van der Waals surface area contributed by atoms with Gasteiger partial charge in [-0.2, -0.15) is 0 Å². The van der Waals surface area contributed by atoms with E-state index in [0.29, 0.717) is 18.0 Å². The zero-order chi connectivity index (χ0) is 18.0. The maximum atomic E-state index is 5.88. The third-order valence-electron chi connectivity index (χ3n) is 5.34. The molecule has 3 rings (SSSR count). The van der Waals surface area contributed by atoms with Crippen molar-refractivity contribution in [2.24, 2.45) is 5.41 Å². The first-order valence-electron chi connectivity index (χ1n) is 9.11. The van der Waals surface area contributed by atoms with Crippen molar-refractivity contribution in [3.8, 4) is 11.5 Å². The lowest BCUT2D eigenvalue weighted by Gasteiger charge is -2.55.